The normalized spacial score (nSPS) is 40.9. The lowest BCUT2D eigenvalue weighted by atomic mass is 9.60. The van der Waals surface area contributed by atoms with Crippen molar-refractivity contribution >= 4 is 0 Å². The number of benzene rings is 1. The van der Waals surface area contributed by atoms with Crippen LogP contribution in [-0.4, -0.2) is 13.1 Å². The minimum atomic E-state index is 0.698. The summed E-state index contributed by atoms with van der Waals surface area (Å²) < 4.78 is 0. The first-order chi connectivity index (χ1) is 9.37. The number of hydrogen-bond donors (Lipinski definition) is 1. The molecular weight excluding hydrogens is 230 g/mol. The Labute approximate surface area is 116 Å². The summed E-state index contributed by atoms with van der Waals surface area (Å²) in [5.74, 6) is 2.99. The van der Waals surface area contributed by atoms with Gasteiger partial charge in [-0.05, 0) is 73.9 Å². The van der Waals surface area contributed by atoms with E-state index in [0.29, 0.717) is 5.41 Å². The summed E-state index contributed by atoms with van der Waals surface area (Å²) in [6.07, 6.45) is 8.86. The highest BCUT2D eigenvalue weighted by Crippen LogP contribution is 2.61. The number of fused-ring (bicyclic) bond motifs is 3. The first-order valence-corrected chi connectivity index (χ1v) is 8.11. The van der Waals surface area contributed by atoms with Gasteiger partial charge >= 0.3 is 0 Å². The number of nitrogens with one attached hydrogen (secondary N) is 1. The highest BCUT2D eigenvalue weighted by Gasteiger charge is 2.54. The van der Waals surface area contributed by atoms with Crippen molar-refractivity contribution in [2.24, 2.45) is 23.2 Å². The van der Waals surface area contributed by atoms with Gasteiger partial charge in [-0.25, -0.2) is 0 Å². The van der Waals surface area contributed by atoms with Gasteiger partial charge in [-0.15, -0.1) is 0 Å². The van der Waals surface area contributed by atoms with Crippen LogP contribution in [-0.2, 0) is 6.42 Å². The molecule has 4 rings (SSSR count). The molecule has 1 aliphatic heterocycles. The third kappa shape index (κ3) is 1.94. The molecule has 1 nitrogen and oxygen atoms in total. The Bertz CT molecular complexity index is 440. The van der Waals surface area contributed by atoms with E-state index in [1.807, 2.05) is 0 Å². The average Bonchev–Trinajstić information content (AvgIpc) is 3.04. The third-order valence-corrected chi connectivity index (χ3v) is 6.32. The summed E-state index contributed by atoms with van der Waals surface area (Å²) in [6, 6.07) is 11.2. The van der Waals surface area contributed by atoms with Gasteiger partial charge in [0.1, 0.15) is 0 Å². The highest BCUT2D eigenvalue weighted by molar-refractivity contribution is 5.17. The van der Waals surface area contributed by atoms with Crippen LogP contribution in [0.3, 0.4) is 0 Å². The molecule has 1 heterocycles. The zero-order chi connectivity index (χ0) is 12.7. The molecule has 2 aliphatic carbocycles. The molecule has 1 spiro atoms. The molecule has 19 heavy (non-hydrogen) atoms. The Balaban J connectivity index is 1.59. The Morgan fingerprint density at radius 1 is 1.16 bits per heavy atom. The van der Waals surface area contributed by atoms with Gasteiger partial charge < -0.3 is 5.32 Å². The van der Waals surface area contributed by atoms with Gasteiger partial charge in [-0.1, -0.05) is 36.8 Å². The van der Waals surface area contributed by atoms with Crippen LogP contribution in [0.4, 0.5) is 0 Å². The van der Waals surface area contributed by atoms with Crippen LogP contribution in [0.1, 0.15) is 37.7 Å². The topological polar surface area (TPSA) is 12.0 Å². The van der Waals surface area contributed by atoms with E-state index in [1.54, 1.807) is 12.0 Å². The quantitative estimate of drug-likeness (QED) is 0.850. The maximum Gasteiger partial charge on any atom is -0.00119 e. The Morgan fingerprint density at radius 3 is 2.79 bits per heavy atom. The summed E-state index contributed by atoms with van der Waals surface area (Å²) in [4.78, 5) is 0. The van der Waals surface area contributed by atoms with Crippen LogP contribution in [0.25, 0.3) is 0 Å². The molecule has 4 atom stereocenters. The molecule has 2 bridgehead atoms. The first-order valence-electron chi connectivity index (χ1n) is 8.11. The smallest absolute Gasteiger partial charge is 0.00119 e. The lowest BCUT2D eigenvalue weighted by Gasteiger charge is -2.48. The van der Waals surface area contributed by atoms with Gasteiger partial charge in [0.05, 0.1) is 0 Å². The summed E-state index contributed by atoms with van der Waals surface area (Å²) in [6.45, 7) is 2.51. The molecule has 1 heteroatoms. The van der Waals surface area contributed by atoms with E-state index in [-0.39, 0.29) is 0 Å². The molecule has 1 N–H and O–H groups in total. The van der Waals surface area contributed by atoms with Crippen molar-refractivity contribution in [1.29, 1.82) is 0 Å². The largest absolute Gasteiger partial charge is 0.316 e. The molecule has 3 aliphatic rings. The number of rotatable bonds is 2. The minimum Gasteiger partial charge on any atom is -0.316 e. The molecule has 102 valence electrons. The molecule has 1 aromatic carbocycles. The highest BCUT2D eigenvalue weighted by atomic mass is 14.9. The van der Waals surface area contributed by atoms with Gasteiger partial charge in [-0.2, -0.15) is 0 Å². The molecule has 0 radical (unpaired) electrons. The fourth-order valence-electron chi connectivity index (χ4n) is 5.47. The molecule has 1 saturated heterocycles. The second-order valence-electron chi connectivity index (χ2n) is 7.15. The van der Waals surface area contributed by atoms with Gasteiger partial charge in [0.2, 0.25) is 0 Å². The Morgan fingerprint density at radius 2 is 2.05 bits per heavy atom. The predicted molar refractivity (Wildman–Crippen MR) is 79.0 cm³/mol. The second-order valence-corrected chi connectivity index (χ2v) is 7.15. The van der Waals surface area contributed by atoms with Crippen molar-refractivity contribution in [1.82, 2.24) is 5.32 Å². The predicted octanol–water partition coefficient (Wildman–Crippen LogP) is 3.65. The van der Waals surface area contributed by atoms with E-state index in [9.17, 15) is 0 Å². The number of hydrogen-bond acceptors (Lipinski definition) is 1. The monoisotopic (exact) mass is 255 g/mol. The maximum absolute atomic E-state index is 3.67. The summed E-state index contributed by atoms with van der Waals surface area (Å²) >= 11 is 0. The van der Waals surface area contributed by atoms with Crippen LogP contribution >= 0.6 is 0 Å². The van der Waals surface area contributed by atoms with Crippen LogP contribution < -0.4 is 5.32 Å². The fourth-order valence-corrected chi connectivity index (χ4v) is 5.47. The lowest BCUT2D eigenvalue weighted by Crippen LogP contribution is -2.48. The maximum atomic E-state index is 3.67. The van der Waals surface area contributed by atoms with Crippen LogP contribution in [0.15, 0.2) is 30.3 Å². The second kappa shape index (κ2) is 4.63. The van der Waals surface area contributed by atoms with Gasteiger partial charge in [0.25, 0.3) is 0 Å². The minimum absolute atomic E-state index is 0.698. The molecule has 0 amide bonds. The third-order valence-electron chi connectivity index (χ3n) is 6.32. The van der Waals surface area contributed by atoms with Crippen LogP contribution in [0.2, 0.25) is 0 Å². The number of piperidine rings is 1. The van der Waals surface area contributed by atoms with Crippen molar-refractivity contribution < 1.29 is 0 Å². The van der Waals surface area contributed by atoms with E-state index >= 15 is 0 Å². The van der Waals surface area contributed by atoms with E-state index < -0.39 is 0 Å². The van der Waals surface area contributed by atoms with Crippen molar-refractivity contribution in [2.75, 3.05) is 13.1 Å². The van der Waals surface area contributed by atoms with E-state index in [2.05, 4.69) is 35.6 Å². The van der Waals surface area contributed by atoms with Crippen molar-refractivity contribution in [3.05, 3.63) is 35.9 Å². The van der Waals surface area contributed by atoms with Gasteiger partial charge in [0, 0.05) is 0 Å². The van der Waals surface area contributed by atoms with E-state index in [4.69, 9.17) is 0 Å². The molecule has 1 aromatic rings. The van der Waals surface area contributed by atoms with Crippen molar-refractivity contribution in [2.45, 2.75) is 38.5 Å². The van der Waals surface area contributed by atoms with Crippen LogP contribution in [0, 0.1) is 23.2 Å². The van der Waals surface area contributed by atoms with Gasteiger partial charge in [-0.3, -0.25) is 0 Å². The average molecular weight is 255 g/mol. The summed E-state index contributed by atoms with van der Waals surface area (Å²) in [5.41, 5.74) is 2.24. The Kier molecular flexibility index (Phi) is 2.91. The van der Waals surface area contributed by atoms with Crippen LogP contribution in [0.5, 0.6) is 0 Å². The molecule has 3 fully saturated rings. The van der Waals surface area contributed by atoms with E-state index in [0.717, 1.165) is 17.8 Å². The zero-order valence-electron chi connectivity index (χ0n) is 11.8. The zero-order valence-corrected chi connectivity index (χ0v) is 11.8. The molecule has 4 unspecified atom stereocenters. The fraction of sp³-hybridized carbons (Fsp3) is 0.667. The standard InChI is InChI=1S/C18H25N/c1-2-4-14(5-3-1)10-17-13-19-9-8-18(17)12-15-6-7-16(18)11-15/h1-5,15-17,19H,6-13H2. The van der Waals surface area contributed by atoms with E-state index in [1.165, 1.54) is 45.2 Å². The first kappa shape index (κ1) is 12.0. The van der Waals surface area contributed by atoms with Crippen molar-refractivity contribution in [3.8, 4) is 0 Å². The van der Waals surface area contributed by atoms with Crippen molar-refractivity contribution in [3.63, 3.8) is 0 Å². The lowest BCUT2D eigenvalue weighted by molar-refractivity contribution is 0.0398. The Hall–Kier alpha value is -0.820. The summed E-state index contributed by atoms with van der Waals surface area (Å²) in [7, 11) is 0. The van der Waals surface area contributed by atoms with Gasteiger partial charge in [0.15, 0.2) is 0 Å². The molecular formula is C18H25N. The summed E-state index contributed by atoms with van der Waals surface area (Å²) in [5, 5.41) is 3.67. The molecule has 0 aromatic heterocycles. The molecule has 2 saturated carbocycles. The SMILES string of the molecule is c1ccc(CC2CNCCC23CC2CCC3C2)cc1.